The Labute approximate surface area is 167 Å². The molecule has 8 nitrogen and oxygen atoms in total. The van der Waals surface area contributed by atoms with Gasteiger partial charge in [0.15, 0.2) is 0 Å². The van der Waals surface area contributed by atoms with Crippen LogP contribution in [0.1, 0.15) is 35.3 Å². The summed E-state index contributed by atoms with van der Waals surface area (Å²) in [6, 6.07) is 6.55. The zero-order chi connectivity index (χ0) is 20.6. The van der Waals surface area contributed by atoms with Crippen molar-refractivity contribution in [1.82, 2.24) is 20.6 Å². The van der Waals surface area contributed by atoms with Gasteiger partial charge in [0.25, 0.3) is 5.91 Å². The molecular formula is C20H23FN4O4. The van der Waals surface area contributed by atoms with E-state index in [0.717, 1.165) is 0 Å². The molecule has 0 radical (unpaired) electrons. The van der Waals surface area contributed by atoms with Gasteiger partial charge in [-0.25, -0.2) is 14.4 Å². The van der Waals surface area contributed by atoms with Crippen molar-refractivity contribution in [3.8, 4) is 0 Å². The first-order chi connectivity index (χ1) is 14.0. The van der Waals surface area contributed by atoms with Crippen molar-refractivity contribution in [3.05, 3.63) is 59.9 Å². The zero-order valence-electron chi connectivity index (χ0n) is 15.8. The highest BCUT2D eigenvalue weighted by Gasteiger charge is 2.33. The lowest BCUT2D eigenvalue weighted by atomic mass is 9.96. The van der Waals surface area contributed by atoms with Crippen LogP contribution in [0.3, 0.4) is 0 Å². The van der Waals surface area contributed by atoms with Gasteiger partial charge in [0.1, 0.15) is 18.2 Å². The number of aliphatic hydroxyl groups excluding tert-OH is 1. The second-order valence-electron chi connectivity index (χ2n) is 6.82. The summed E-state index contributed by atoms with van der Waals surface area (Å²) in [5.74, 6) is -0.964. The minimum absolute atomic E-state index is 0.153. The smallest absolute Gasteiger partial charge is 0.251 e. The first-order valence-electron chi connectivity index (χ1n) is 9.39. The Kier molecular flexibility index (Phi) is 7.20. The summed E-state index contributed by atoms with van der Waals surface area (Å²) in [5, 5.41) is 15.2. The highest BCUT2D eigenvalue weighted by atomic mass is 19.1. The van der Waals surface area contributed by atoms with Crippen molar-refractivity contribution in [2.24, 2.45) is 0 Å². The summed E-state index contributed by atoms with van der Waals surface area (Å²) < 4.78 is 18.8. The SMILES string of the molecule is O=C(C[C@H]1CC[C@@H](NC(=O)c2ccc(F)cc2)[C@H](CO)O1)NCc1ccncn1. The van der Waals surface area contributed by atoms with Gasteiger partial charge in [-0.05, 0) is 43.2 Å². The molecule has 0 bridgehead atoms. The average Bonchev–Trinajstić information content (AvgIpc) is 2.74. The van der Waals surface area contributed by atoms with E-state index in [9.17, 15) is 19.1 Å². The molecule has 9 heteroatoms. The monoisotopic (exact) mass is 402 g/mol. The van der Waals surface area contributed by atoms with Crippen LogP contribution in [0.25, 0.3) is 0 Å². The Morgan fingerprint density at radius 3 is 2.69 bits per heavy atom. The van der Waals surface area contributed by atoms with Crippen LogP contribution in [-0.4, -0.2) is 51.7 Å². The molecule has 1 aliphatic rings. The van der Waals surface area contributed by atoms with E-state index in [1.54, 1.807) is 12.3 Å². The standard InChI is InChI=1S/C20H23FN4O4/c21-14-3-1-13(2-4-14)20(28)25-17-6-5-16(29-18(17)11-26)9-19(27)23-10-15-7-8-22-12-24-15/h1-4,7-8,12,16-18,26H,5-6,9-11H2,(H,23,27)(H,25,28)/t16-,17-,18+/m1/s1. The Balaban J connectivity index is 1.47. The fourth-order valence-corrected chi connectivity index (χ4v) is 3.19. The van der Waals surface area contributed by atoms with E-state index >= 15 is 0 Å². The molecule has 0 saturated carbocycles. The lowest BCUT2D eigenvalue weighted by Crippen LogP contribution is -2.51. The van der Waals surface area contributed by atoms with E-state index in [1.807, 2.05) is 0 Å². The summed E-state index contributed by atoms with van der Waals surface area (Å²) >= 11 is 0. The lowest BCUT2D eigenvalue weighted by Gasteiger charge is -2.36. The van der Waals surface area contributed by atoms with E-state index in [0.29, 0.717) is 30.6 Å². The molecule has 1 fully saturated rings. The largest absolute Gasteiger partial charge is 0.394 e. The third-order valence-electron chi connectivity index (χ3n) is 4.74. The number of benzene rings is 1. The van der Waals surface area contributed by atoms with Crippen LogP contribution in [0.2, 0.25) is 0 Å². The molecule has 3 N–H and O–H groups in total. The van der Waals surface area contributed by atoms with Crippen LogP contribution >= 0.6 is 0 Å². The maximum Gasteiger partial charge on any atom is 0.251 e. The molecule has 1 aliphatic heterocycles. The maximum absolute atomic E-state index is 13.0. The van der Waals surface area contributed by atoms with E-state index in [-0.39, 0.29) is 30.9 Å². The number of ether oxygens (including phenoxy) is 1. The van der Waals surface area contributed by atoms with Crippen molar-refractivity contribution in [3.63, 3.8) is 0 Å². The Morgan fingerprint density at radius 1 is 1.21 bits per heavy atom. The molecule has 2 amide bonds. The van der Waals surface area contributed by atoms with E-state index in [4.69, 9.17) is 4.74 Å². The minimum atomic E-state index is -0.618. The van der Waals surface area contributed by atoms with Crippen LogP contribution in [0.5, 0.6) is 0 Å². The van der Waals surface area contributed by atoms with Crippen molar-refractivity contribution >= 4 is 11.8 Å². The fourth-order valence-electron chi connectivity index (χ4n) is 3.19. The predicted octanol–water partition coefficient (Wildman–Crippen LogP) is 0.960. The molecule has 154 valence electrons. The molecule has 3 atom stereocenters. The summed E-state index contributed by atoms with van der Waals surface area (Å²) in [4.78, 5) is 32.3. The second-order valence-corrected chi connectivity index (χ2v) is 6.82. The molecule has 3 rings (SSSR count). The number of rotatable bonds is 7. The molecule has 0 spiro atoms. The topological polar surface area (TPSA) is 113 Å². The van der Waals surface area contributed by atoms with Crippen LogP contribution in [0.15, 0.2) is 42.9 Å². The molecule has 29 heavy (non-hydrogen) atoms. The zero-order valence-corrected chi connectivity index (χ0v) is 15.8. The normalized spacial score (nSPS) is 21.4. The number of hydrogen-bond donors (Lipinski definition) is 3. The van der Waals surface area contributed by atoms with Gasteiger partial charge in [-0.1, -0.05) is 0 Å². The summed E-state index contributed by atoms with van der Waals surface area (Å²) in [7, 11) is 0. The molecule has 2 heterocycles. The van der Waals surface area contributed by atoms with Gasteiger partial charge < -0.3 is 20.5 Å². The van der Waals surface area contributed by atoms with Crippen LogP contribution in [0.4, 0.5) is 4.39 Å². The number of hydrogen-bond acceptors (Lipinski definition) is 6. The molecule has 1 aromatic carbocycles. The Hall–Kier alpha value is -2.91. The van der Waals surface area contributed by atoms with Crippen LogP contribution < -0.4 is 10.6 Å². The number of aliphatic hydroxyl groups is 1. The summed E-state index contributed by atoms with van der Waals surface area (Å²) in [6.45, 7) is 0.0152. The van der Waals surface area contributed by atoms with Gasteiger partial charge in [-0.2, -0.15) is 0 Å². The van der Waals surface area contributed by atoms with Gasteiger partial charge >= 0.3 is 0 Å². The minimum Gasteiger partial charge on any atom is -0.394 e. The van der Waals surface area contributed by atoms with Crippen molar-refractivity contribution in [2.45, 2.75) is 44.1 Å². The first-order valence-corrected chi connectivity index (χ1v) is 9.39. The number of aromatic nitrogens is 2. The van der Waals surface area contributed by atoms with E-state index < -0.39 is 18.0 Å². The lowest BCUT2D eigenvalue weighted by molar-refractivity contribution is -0.131. The van der Waals surface area contributed by atoms with Crippen molar-refractivity contribution in [1.29, 1.82) is 0 Å². The highest BCUT2D eigenvalue weighted by molar-refractivity contribution is 5.94. The summed E-state index contributed by atoms with van der Waals surface area (Å²) in [6.07, 6.45) is 3.32. The Morgan fingerprint density at radius 2 is 2.00 bits per heavy atom. The number of nitrogens with zero attached hydrogens (tertiary/aromatic N) is 2. The highest BCUT2D eigenvalue weighted by Crippen LogP contribution is 2.22. The van der Waals surface area contributed by atoms with E-state index in [1.165, 1.54) is 30.6 Å². The maximum atomic E-state index is 13.0. The number of carbonyl (C=O) groups is 2. The quantitative estimate of drug-likeness (QED) is 0.636. The third kappa shape index (κ3) is 6.03. The number of nitrogens with one attached hydrogen (secondary N) is 2. The molecule has 1 aromatic heterocycles. The third-order valence-corrected chi connectivity index (χ3v) is 4.74. The van der Waals surface area contributed by atoms with Gasteiger partial charge in [0.2, 0.25) is 5.91 Å². The number of amides is 2. The number of halogens is 1. The molecule has 2 aromatic rings. The fraction of sp³-hybridized carbons (Fsp3) is 0.400. The average molecular weight is 402 g/mol. The van der Waals surface area contributed by atoms with Crippen LogP contribution in [0, 0.1) is 5.82 Å². The first kappa shape index (κ1) is 20.8. The molecular weight excluding hydrogens is 379 g/mol. The summed E-state index contributed by atoms with van der Waals surface area (Å²) in [5.41, 5.74) is 1.03. The van der Waals surface area contributed by atoms with Gasteiger partial charge in [0.05, 0.1) is 37.4 Å². The van der Waals surface area contributed by atoms with Gasteiger partial charge in [-0.3, -0.25) is 9.59 Å². The molecule has 0 aliphatic carbocycles. The Bertz CT molecular complexity index is 819. The predicted molar refractivity (Wildman–Crippen MR) is 101 cm³/mol. The van der Waals surface area contributed by atoms with Crippen LogP contribution in [-0.2, 0) is 16.1 Å². The second kappa shape index (κ2) is 10.0. The van der Waals surface area contributed by atoms with Crippen molar-refractivity contribution < 1.29 is 23.8 Å². The number of carbonyl (C=O) groups excluding carboxylic acids is 2. The van der Waals surface area contributed by atoms with Gasteiger partial charge in [0, 0.05) is 11.8 Å². The van der Waals surface area contributed by atoms with Gasteiger partial charge in [-0.15, -0.1) is 0 Å². The van der Waals surface area contributed by atoms with E-state index in [2.05, 4.69) is 20.6 Å². The molecule has 1 saturated heterocycles. The van der Waals surface area contributed by atoms with Crippen molar-refractivity contribution in [2.75, 3.05) is 6.61 Å². The molecule has 0 unspecified atom stereocenters.